The van der Waals surface area contributed by atoms with E-state index in [-0.39, 0.29) is 6.61 Å². The monoisotopic (exact) mass is 412 g/mol. The first-order chi connectivity index (χ1) is 14.0. The molecule has 0 bridgehead atoms. The fourth-order valence-corrected chi connectivity index (χ4v) is 2.96. The van der Waals surface area contributed by atoms with Crippen LogP contribution < -0.4 is 4.74 Å². The van der Waals surface area contributed by atoms with Crippen molar-refractivity contribution in [3.05, 3.63) is 64.8 Å². The zero-order valence-electron chi connectivity index (χ0n) is 15.7. The summed E-state index contributed by atoms with van der Waals surface area (Å²) in [6.45, 7) is 4.16. The summed E-state index contributed by atoms with van der Waals surface area (Å²) in [7, 11) is 0. The second-order valence-electron chi connectivity index (χ2n) is 6.14. The van der Waals surface area contributed by atoms with Crippen molar-refractivity contribution in [3.63, 3.8) is 0 Å². The number of aromatic nitrogens is 6. The molecule has 4 aromatic heterocycles. The largest absolute Gasteiger partial charge is 0.477 e. The van der Waals surface area contributed by atoms with Gasteiger partial charge in [0.2, 0.25) is 5.88 Å². The molecule has 0 aliphatic heterocycles. The normalized spacial score (nSPS) is 11.0. The van der Waals surface area contributed by atoms with E-state index in [4.69, 9.17) is 21.1 Å². The minimum atomic E-state index is -0.497. The van der Waals surface area contributed by atoms with E-state index in [0.717, 1.165) is 5.65 Å². The molecule has 29 heavy (non-hydrogen) atoms. The molecular formula is C19H17ClN6O3. The Kier molecular flexibility index (Phi) is 5.13. The molecule has 0 saturated heterocycles. The third-order valence-corrected chi connectivity index (χ3v) is 4.40. The highest BCUT2D eigenvalue weighted by molar-refractivity contribution is 6.30. The highest BCUT2D eigenvalue weighted by Crippen LogP contribution is 2.16. The molecule has 0 aliphatic carbocycles. The number of carbonyl (C=O) groups excluding carboxylic acids is 1. The van der Waals surface area contributed by atoms with Crippen LogP contribution in [0.15, 0.2) is 42.9 Å². The fourth-order valence-electron chi connectivity index (χ4n) is 2.80. The van der Waals surface area contributed by atoms with E-state index in [0.29, 0.717) is 40.3 Å². The summed E-state index contributed by atoms with van der Waals surface area (Å²) in [6.07, 6.45) is 4.95. The van der Waals surface area contributed by atoms with Crippen molar-refractivity contribution >= 4 is 23.2 Å². The molecule has 0 radical (unpaired) electrons. The van der Waals surface area contributed by atoms with Crippen LogP contribution in [-0.2, 0) is 11.3 Å². The maximum atomic E-state index is 12.5. The van der Waals surface area contributed by atoms with Gasteiger partial charge in [0.1, 0.15) is 17.8 Å². The maximum absolute atomic E-state index is 12.5. The Labute approximate surface area is 170 Å². The summed E-state index contributed by atoms with van der Waals surface area (Å²) >= 11 is 5.97. The lowest BCUT2D eigenvalue weighted by Crippen LogP contribution is -2.08. The van der Waals surface area contributed by atoms with Crippen LogP contribution >= 0.6 is 11.6 Å². The summed E-state index contributed by atoms with van der Waals surface area (Å²) in [5, 5.41) is 12.9. The smallest absolute Gasteiger partial charge is 0.342 e. The van der Waals surface area contributed by atoms with Crippen molar-refractivity contribution in [2.24, 2.45) is 0 Å². The number of halogens is 1. The summed E-state index contributed by atoms with van der Waals surface area (Å²) in [5.74, 6) is 0.402. The molecule has 0 amide bonds. The van der Waals surface area contributed by atoms with Gasteiger partial charge in [-0.3, -0.25) is 0 Å². The minimum absolute atomic E-state index is 0.0333. The summed E-state index contributed by atoms with van der Waals surface area (Å²) in [4.78, 5) is 16.9. The third-order valence-electron chi connectivity index (χ3n) is 4.18. The maximum Gasteiger partial charge on any atom is 0.342 e. The van der Waals surface area contributed by atoms with Crippen LogP contribution in [0.25, 0.3) is 11.5 Å². The molecule has 0 unspecified atom stereocenters. The molecule has 0 atom stereocenters. The van der Waals surface area contributed by atoms with E-state index in [1.165, 1.54) is 10.9 Å². The summed E-state index contributed by atoms with van der Waals surface area (Å²) in [5.41, 5.74) is 2.27. The Morgan fingerprint density at radius 3 is 2.79 bits per heavy atom. The molecule has 0 spiro atoms. The van der Waals surface area contributed by atoms with Crippen LogP contribution in [0.5, 0.6) is 5.88 Å². The lowest BCUT2D eigenvalue weighted by Gasteiger charge is -2.05. The van der Waals surface area contributed by atoms with Gasteiger partial charge in [0.05, 0.1) is 29.2 Å². The van der Waals surface area contributed by atoms with E-state index in [9.17, 15) is 4.79 Å². The number of hydrogen-bond acceptors (Lipinski definition) is 7. The zero-order chi connectivity index (χ0) is 20.4. The minimum Gasteiger partial charge on any atom is -0.477 e. The average molecular weight is 413 g/mol. The van der Waals surface area contributed by atoms with Gasteiger partial charge in [0, 0.05) is 18.5 Å². The highest BCUT2D eigenvalue weighted by Gasteiger charge is 2.18. The van der Waals surface area contributed by atoms with Gasteiger partial charge in [-0.15, -0.1) is 10.2 Å². The second-order valence-corrected chi connectivity index (χ2v) is 6.58. The molecule has 148 valence electrons. The molecule has 9 nitrogen and oxygen atoms in total. The molecule has 0 fully saturated rings. The molecule has 0 aliphatic rings. The number of ether oxygens (including phenoxy) is 2. The van der Waals surface area contributed by atoms with Crippen LogP contribution in [-0.4, -0.2) is 41.9 Å². The van der Waals surface area contributed by atoms with Crippen LogP contribution in [0.2, 0.25) is 5.02 Å². The molecular weight excluding hydrogens is 396 g/mol. The van der Waals surface area contributed by atoms with E-state index in [2.05, 4.69) is 20.3 Å². The lowest BCUT2D eigenvalue weighted by molar-refractivity contribution is 0.0467. The molecule has 10 heteroatoms. The number of carbonyl (C=O) groups is 1. The number of rotatable bonds is 6. The van der Waals surface area contributed by atoms with E-state index < -0.39 is 5.97 Å². The number of hydrogen-bond donors (Lipinski definition) is 0. The molecule has 4 aromatic rings. The zero-order valence-corrected chi connectivity index (χ0v) is 16.5. The Bertz CT molecular complexity index is 1170. The van der Waals surface area contributed by atoms with Crippen molar-refractivity contribution < 1.29 is 14.3 Å². The van der Waals surface area contributed by atoms with Gasteiger partial charge in [-0.05, 0) is 32.0 Å². The first-order valence-electron chi connectivity index (χ1n) is 8.87. The summed E-state index contributed by atoms with van der Waals surface area (Å²) < 4.78 is 14.0. The van der Waals surface area contributed by atoms with Crippen LogP contribution in [0.1, 0.15) is 28.7 Å². The van der Waals surface area contributed by atoms with Gasteiger partial charge < -0.3 is 13.9 Å². The van der Waals surface area contributed by atoms with Crippen LogP contribution in [0.3, 0.4) is 0 Å². The predicted molar refractivity (Wildman–Crippen MR) is 104 cm³/mol. The number of pyridine rings is 1. The topological polar surface area (TPSA) is 96.4 Å². The highest BCUT2D eigenvalue weighted by atomic mass is 35.5. The Morgan fingerprint density at radius 1 is 1.17 bits per heavy atom. The first kappa shape index (κ1) is 18.9. The second kappa shape index (κ2) is 7.88. The predicted octanol–water partition coefficient (Wildman–Crippen LogP) is 3.03. The molecule has 4 heterocycles. The number of esters is 1. The molecule has 0 N–H and O–H groups in total. The standard InChI is InChI=1S/C19H17ClN6O3/c1-3-28-18-7-6-17(23-24-18)26-12(2)15(8-21-26)19(27)29-11-14-10-25-9-13(20)4-5-16(25)22-14/h4-10H,3,11H2,1-2H3. The van der Waals surface area contributed by atoms with E-state index >= 15 is 0 Å². The van der Waals surface area contributed by atoms with Gasteiger partial charge >= 0.3 is 5.97 Å². The van der Waals surface area contributed by atoms with Gasteiger partial charge in [0.25, 0.3) is 0 Å². The van der Waals surface area contributed by atoms with E-state index in [1.54, 1.807) is 48.0 Å². The van der Waals surface area contributed by atoms with Crippen molar-refractivity contribution in [2.45, 2.75) is 20.5 Å². The Hall–Kier alpha value is -3.46. The number of imidazole rings is 1. The van der Waals surface area contributed by atoms with Gasteiger partial charge in [0.15, 0.2) is 5.82 Å². The van der Waals surface area contributed by atoms with E-state index in [1.807, 2.05) is 6.92 Å². The number of fused-ring (bicyclic) bond motifs is 1. The Balaban J connectivity index is 1.47. The fraction of sp³-hybridized carbons (Fsp3) is 0.211. The first-order valence-corrected chi connectivity index (χ1v) is 9.24. The summed E-state index contributed by atoms with van der Waals surface area (Å²) in [6, 6.07) is 6.95. The third kappa shape index (κ3) is 3.90. The SMILES string of the molecule is CCOc1ccc(-n2ncc(C(=O)OCc3cn4cc(Cl)ccc4n3)c2C)nn1. The van der Waals surface area contributed by atoms with Crippen molar-refractivity contribution in [3.8, 4) is 11.7 Å². The van der Waals surface area contributed by atoms with Crippen molar-refractivity contribution in [1.82, 2.24) is 29.4 Å². The van der Waals surface area contributed by atoms with Crippen LogP contribution in [0, 0.1) is 6.92 Å². The van der Waals surface area contributed by atoms with Gasteiger partial charge in [-0.1, -0.05) is 11.6 Å². The van der Waals surface area contributed by atoms with Crippen molar-refractivity contribution in [2.75, 3.05) is 6.61 Å². The number of nitrogens with zero attached hydrogens (tertiary/aromatic N) is 6. The average Bonchev–Trinajstić information content (AvgIpc) is 3.30. The molecule has 0 aromatic carbocycles. The van der Waals surface area contributed by atoms with Gasteiger partial charge in [-0.2, -0.15) is 5.10 Å². The van der Waals surface area contributed by atoms with Crippen molar-refractivity contribution in [1.29, 1.82) is 0 Å². The Morgan fingerprint density at radius 2 is 2.03 bits per heavy atom. The lowest BCUT2D eigenvalue weighted by atomic mass is 10.2. The molecule has 4 rings (SSSR count). The van der Waals surface area contributed by atoms with Crippen LogP contribution in [0.4, 0.5) is 0 Å². The molecule has 0 saturated carbocycles. The van der Waals surface area contributed by atoms with Gasteiger partial charge in [-0.25, -0.2) is 14.5 Å². The quantitative estimate of drug-likeness (QED) is 0.449.